The number of aromatic nitrogens is 4. The van der Waals surface area contributed by atoms with Gasteiger partial charge in [-0.15, -0.1) is 0 Å². The number of carbonyl (C=O) groups excluding carboxylic acids is 2. The maximum Gasteiger partial charge on any atom is 0.255 e. The molecule has 0 unspecified atom stereocenters. The minimum Gasteiger partial charge on any atom is -0.387 e. The van der Waals surface area contributed by atoms with E-state index in [9.17, 15) is 24.3 Å². The predicted octanol–water partition coefficient (Wildman–Crippen LogP) is 3.35. The number of nitriles is 1. The first-order valence-electron chi connectivity index (χ1n) is 14.3. The Morgan fingerprint density at radius 1 is 1.14 bits per heavy atom. The first kappa shape index (κ1) is 30.4. The molecule has 5 rings (SSSR count). The second-order valence-electron chi connectivity index (χ2n) is 11.3. The lowest BCUT2D eigenvalue weighted by Crippen LogP contribution is -2.44. The number of rotatable bonds is 9. The van der Waals surface area contributed by atoms with Crippen LogP contribution in [0.5, 0.6) is 0 Å². The molecule has 228 valence electrons. The summed E-state index contributed by atoms with van der Waals surface area (Å²) in [6.45, 7) is 5.34. The summed E-state index contributed by atoms with van der Waals surface area (Å²) in [5.74, 6) is 0.204. The van der Waals surface area contributed by atoms with E-state index < -0.39 is 17.7 Å². The van der Waals surface area contributed by atoms with Crippen LogP contribution in [0.15, 0.2) is 55.0 Å². The summed E-state index contributed by atoms with van der Waals surface area (Å²) in [5.41, 5.74) is 1.85. The molecule has 5 heterocycles. The lowest BCUT2D eigenvalue weighted by molar-refractivity contribution is -0.119. The largest absolute Gasteiger partial charge is 0.387 e. The average molecular weight is 600 g/mol. The van der Waals surface area contributed by atoms with Gasteiger partial charge in [-0.3, -0.25) is 14.6 Å². The van der Waals surface area contributed by atoms with Gasteiger partial charge in [0.15, 0.2) is 0 Å². The van der Waals surface area contributed by atoms with Gasteiger partial charge in [-0.1, -0.05) is 0 Å². The van der Waals surface area contributed by atoms with Crippen LogP contribution in [-0.4, -0.2) is 74.0 Å². The number of anilines is 3. The van der Waals surface area contributed by atoms with Crippen molar-refractivity contribution in [3.8, 4) is 17.5 Å². The number of hydrogen-bond donors (Lipinski definition) is 4. The average Bonchev–Trinajstić information content (AvgIpc) is 3.43. The van der Waals surface area contributed by atoms with Crippen molar-refractivity contribution in [2.75, 3.05) is 29.9 Å². The Balaban J connectivity index is 1.40. The van der Waals surface area contributed by atoms with Gasteiger partial charge >= 0.3 is 0 Å². The fraction of sp³-hybridized carbons (Fsp3) is 0.355. The number of fused-ring (bicyclic) bond motifs is 1. The fourth-order valence-corrected chi connectivity index (χ4v) is 5.00. The van der Waals surface area contributed by atoms with Gasteiger partial charge in [0.2, 0.25) is 5.91 Å². The van der Waals surface area contributed by atoms with E-state index in [2.05, 4.69) is 42.0 Å². The Bertz CT molecular complexity index is 1700. The summed E-state index contributed by atoms with van der Waals surface area (Å²) >= 11 is 0. The van der Waals surface area contributed by atoms with Gasteiger partial charge in [0, 0.05) is 32.3 Å². The van der Waals surface area contributed by atoms with Crippen LogP contribution < -0.4 is 20.9 Å². The number of alkyl halides is 1. The predicted molar refractivity (Wildman–Crippen MR) is 163 cm³/mol. The van der Waals surface area contributed by atoms with Crippen molar-refractivity contribution >= 4 is 34.5 Å². The highest BCUT2D eigenvalue weighted by atomic mass is 19.1. The van der Waals surface area contributed by atoms with Crippen LogP contribution in [0.2, 0.25) is 0 Å². The summed E-state index contributed by atoms with van der Waals surface area (Å²) in [6, 6.07) is 13.0. The molecule has 0 spiro atoms. The molecule has 1 saturated heterocycles. The molecule has 1 aliphatic heterocycles. The van der Waals surface area contributed by atoms with E-state index in [1.54, 1.807) is 22.8 Å². The smallest absolute Gasteiger partial charge is 0.255 e. The van der Waals surface area contributed by atoms with Gasteiger partial charge in [-0.2, -0.15) is 10.4 Å². The van der Waals surface area contributed by atoms with E-state index in [-0.39, 0.29) is 24.1 Å². The fourth-order valence-electron chi connectivity index (χ4n) is 5.00. The standard InChI is InChI=1S/C31H34FN9O3/c1-19(42)38-21-8-10-40(11-9-21)29-7-4-22(16-35-29)39-25-13-26(27-6-5-23-12-20(14-33)15-37-41(23)27)34-17-24(25)30(43)36-18-28(32)31(2,3)44/h4-7,12-13,15-17,21,28,44H,8-11,18H2,1-3H3,(H,34,39)(H,36,43)(H,38,42)/t28-/m1/s1. The van der Waals surface area contributed by atoms with Gasteiger partial charge in [0.25, 0.3) is 5.91 Å². The molecule has 0 aromatic carbocycles. The zero-order valence-electron chi connectivity index (χ0n) is 24.7. The van der Waals surface area contributed by atoms with Crippen molar-refractivity contribution in [1.82, 2.24) is 30.2 Å². The second-order valence-corrected chi connectivity index (χ2v) is 11.3. The minimum atomic E-state index is -1.67. The lowest BCUT2D eigenvalue weighted by Gasteiger charge is -2.33. The molecule has 0 radical (unpaired) electrons. The molecule has 12 nitrogen and oxygen atoms in total. The third-order valence-corrected chi connectivity index (χ3v) is 7.50. The Labute approximate surface area is 253 Å². The van der Waals surface area contributed by atoms with E-state index in [1.807, 2.05) is 24.3 Å². The van der Waals surface area contributed by atoms with Crippen molar-refractivity contribution in [2.24, 2.45) is 0 Å². The summed E-state index contributed by atoms with van der Waals surface area (Å²) in [5, 5.41) is 32.3. The maximum atomic E-state index is 14.4. The topological polar surface area (TPSA) is 161 Å². The molecule has 1 aliphatic rings. The monoisotopic (exact) mass is 599 g/mol. The Morgan fingerprint density at radius 3 is 2.57 bits per heavy atom. The Morgan fingerprint density at radius 2 is 1.91 bits per heavy atom. The number of pyridine rings is 2. The highest BCUT2D eigenvalue weighted by Crippen LogP contribution is 2.28. The number of halogens is 1. The highest BCUT2D eigenvalue weighted by Gasteiger charge is 2.27. The zero-order valence-corrected chi connectivity index (χ0v) is 24.7. The first-order chi connectivity index (χ1) is 21.0. The molecule has 1 fully saturated rings. The molecule has 0 aliphatic carbocycles. The molecule has 0 saturated carbocycles. The van der Waals surface area contributed by atoms with Crippen LogP contribution in [0.4, 0.5) is 21.6 Å². The number of carbonyl (C=O) groups is 2. The van der Waals surface area contributed by atoms with Crippen LogP contribution in [-0.2, 0) is 4.79 Å². The minimum absolute atomic E-state index is 0.0272. The number of hydrogen-bond acceptors (Lipinski definition) is 9. The van der Waals surface area contributed by atoms with E-state index >= 15 is 0 Å². The van der Waals surface area contributed by atoms with Crippen molar-refractivity contribution in [3.05, 3.63) is 66.1 Å². The molecular weight excluding hydrogens is 565 g/mol. The van der Waals surface area contributed by atoms with Gasteiger partial charge in [-0.05, 0) is 63.1 Å². The number of piperidine rings is 1. The van der Waals surface area contributed by atoms with Gasteiger partial charge in [0.1, 0.15) is 18.1 Å². The molecule has 4 aromatic heterocycles. The van der Waals surface area contributed by atoms with E-state index in [0.29, 0.717) is 33.8 Å². The summed E-state index contributed by atoms with van der Waals surface area (Å²) in [6.07, 6.45) is 4.51. The van der Waals surface area contributed by atoms with Crippen molar-refractivity contribution < 1.29 is 19.1 Å². The van der Waals surface area contributed by atoms with Crippen molar-refractivity contribution in [1.29, 1.82) is 5.26 Å². The summed E-state index contributed by atoms with van der Waals surface area (Å²) in [4.78, 5) is 35.8. The molecule has 1 atom stereocenters. The number of nitrogens with one attached hydrogen (secondary N) is 3. The third kappa shape index (κ3) is 6.92. The van der Waals surface area contributed by atoms with E-state index in [0.717, 1.165) is 31.7 Å². The molecule has 4 aromatic rings. The highest BCUT2D eigenvalue weighted by molar-refractivity contribution is 6.00. The lowest BCUT2D eigenvalue weighted by atomic mass is 10.0. The Kier molecular flexibility index (Phi) is 8.73. The third-order valence-electron chi connectivity index (χ3n) is 7.50. The second kappa shape index (κ2) is 12.6. The summed E-state index contributed by atoms with van der Waals surface area (Å²) in [7, 11) is 0. The van der Waals surface area contributed by atoms with E-state index in [1.165, 1.54) is 33.2 Å². The zero-order chi connectivity index (χ0) is 31.4. The molecule has 2 amide bonds. The van der Waals surface area contributed by atoms with Crippen LogP contribution in [0.1, 0.15) is 49.5 Å². The number of aliphatic hydroxyl groups is 1. The van der Waals surface area contributed by atoms with Crippen molar-refractivity contribution in [2.45, 2.75) is 51.4 Å². The van der Waals surface area contributed by atoms with Crippen LogP contribution in [0.3, 0.4) is 0 Å². The quantitative estimate of drug-likeness (QED) is 0.226. The first-order valence-corrected chi connectivity index (χ1v) is 14.3. The molecule has 0 bridgehead atoms. The van der Waals surface area contributed by atoms with Crippen LogP contribution in [0.25, 0.3) is 16.9 Å². The van der Waals surface area contributed by atoms with Gasteiger partial charge < -0.3 is 26.0 Å². The maximum absolute atomic E-state index is 14.4. The van der Waals surface area contributed by atoms with Crippen molar-refractivity contribution in [3.63, 3.8) is 0 Å². The molecular formula is C31H34FN9O3. The Hall–Kier alpha value is -5.09. The van der Waals surface area contributed by atoms with Gasteiger partial charge in [0.05, 0.1) is 63.9 Å². The SMILES string of the molecule is CC(=O)NC1CCN(c2ccc(Nc3cc(-c4ccc5cc(C#N)cnn45)ncc3C(=O)NC[C@@H](F)C(C)(C)O)cn2)CC1. The molecule has 4 N–H and O–H groups in total. The molecule has 13 heteroatoms. The van der Waals surface area contributed by atoms with Gasteiger partial charge in [-0.25, -0.2) is 13.9 Å². The normalized spacial score (nSPS) is 14.6. The van der Waals surface area contributed by atoms with Crippen LogP contribution in [0, 0.1) is 11.3 Å². The van der Waals surface area contributed by atoms with E-state index in [4.69, 9.17) is 0 Å². The number of nitrogens with zero attached hydrogens (tertiary/aromatic N) is 6. The molecule has 44 heavy (non-hydrogen) atoms. The summed E-state index contributed by atoms with van der Waals surface area (Å²) < 4.78 is 16.0. The van der Waals surface area contributed by atoms with Crippen LogP contribution >= 0.6 is 0 Å². The number of amides is 2.